The molecule has 0 N–H and O–H groups in total. The van der Waals surface area contributed by atoms with Gasteiger partial charge in [-0.05, 0) is 42.8 Å². The van der Waals surface area contributed by atoms with Gasteiger partial charge in [-0.3, -0.25) is 0 Å². The van der Waals surface area contributed by atoms with Gasteiger partial charge in [0.25, 0.3) is 5.90 Å². The first-order valence-corrected chi connectivity index (χ1v) is 7.08. The van der Waals surface area contributed by atoms with Crippen LogP contribution in [-0.2, 0) is 9.53 Å². The fourth-order valence-corrected chi connectivity index (χ4v) is 2.12. The van der Waals surface area contributed by atoms with Crippen molar-refractivity contribution in [3.63, 3.8) is 0 Å². The van der Waals surface area contributed by atoms with Gasteiger partial charge < -0.3 is 18.6 Å². The summed E-state index contributed by atoms with van der Waals surface area (Å²) in [5.74, 6) is 1.27. The maximum Gasteiger partial charge on any atom is 0.363 e. The first-order valence-electron chi connectivity index (χ1n) is 7.08. The Hall–Kier alpha value is -3.02. The minimum absolute atomic E-state index is 0.157. The van der Waals surface area contributed by atoms with Gasteiger partial charge in [0.1, 0.15) is 0 Å². The number of rotatable bonds is 5. The highest BCUT2D eigenvalue weighted by atomic mass is 16.6. The SMILES string of the molecule is CCOc1ccc(/C=C2/N=C(c3ccco3)OC2=O)cc1OC. The summed E-state index contributed by atoms with van der Waals surface area (Å²) in [7, 11) is 1.56. The predicted molar refractivity (Wildman–Crippen MR) is 83.5 cm³/mol. The summed E-state index contributed by atoms with van der Waals surface area (Å²) in [6.45, 7) is 2.44. The van der Waals surface area contributed by atoms with Crippen LogP contribution in [0.4, 0.5) is 0 Å². The Bertz CT molecular complexity index is 774. The van der Waals surface area contributed by atoms with Crippen LogP contribution in [0.2, 0.25) is 0 Å². The van der Waals surface area contributed by atoms with Crippen LogP contribution in [0, 0.1) is 0 Å². The molecule has 23 heavy (non-hydrogen) atoms. The molecule has 0 atom stereocenters. The number of benzene rings is 1. The Balaban J connectivity index is 1.90. The van der Waals surface area contributed by atoms with Crippen LogP contribution in [0.1, 0.15) is 18.2 Å². The van der Waals surface area contributed by atoms with Gasteiger partial charge in [0.05, 0.1) is 20.0 Å². The molecular formula is C17H15NO5. The third kappa shape index (κ3) is 3.11. The topological polar surface area (TPSA) is 70.3 Å². The van der Waals surface area contributed by atoms with E-state index in [1.165, 1.54) is 6.26 Å². The molecule has 0 fully saturated rings. The standard InChI is InChI=1S/C17H15NO5/c1-3-21-13-7-6-11(10-15(13)20-2)9-12-17(19)23-16(18-12)14-5-4-8-22-14/h4-10H,3H2,1-2H3/b12-9+. The van der Waals surface area contributed by atoms with E-state index in [1.807, 2.05) is 13.0 Å². The van der Waals surface area contributed by atoms with Gasteiger partial charge in [-0.1, -0.05) is 6.07 Å². The van der Waals surface area contributed by atoms with Crippen LogP contribution in [0.5, 0.6) is 11.5 Å². The number of ether oxygens (including phenoxy) is 3. The number of carbonyl (C=O) groups excluding carboxylic acids is 1. The van der Waals surface area contributed by atoms with E-state index >= 15 is 0 Å². The van der Waals surface area contributed by atoms with Crippen LogP contribution < -0.4 is 9.47 Å². The molecule has 0 aliphatic carbocycles. The van der Waals surface area contributed by atoms with Crippen molar-refractivity contribution in [2.45, 2.75) is 6.92 Å². The fraction of sp³-hybridized carbons (Fsp3) is 0.176. The Morgan fingerprint density at radius 2 is 2.13 bits per heavy atom. The number of furan rings is 1. The highest BCUT2D eigenvalue weighted by Gasteiger charge is 2.25. The Morgan fingerprint density at radius 3 is 2.83 bits per heavy atom. The number of nitrogens with zero attached hydrogens (tertiary/aromatic N) is 1. The normalized spacial score (nSPS) is 15.5. The van der Waals surface area contributed by atoms with Crippen molar-refractivity contribution >= 4 is 17.9 Å². The summed E-state index contributed by atoms with van der Waals surface area (Å²) in [6.07, 6.45) is 3.11. The summed E-state index contributed by atoms with van der Waals surface area (Å²) >= 11 is 0. The van der Waals surface area contributed by atoms with Crippen molar-refractivity contribution < 1.29 is 23.4 Å². The average molecular weight is 313 g/mol. The van der Waals surface area contributed by atoms with Gasteiger partial charge in [-0.2, -0.15) is 0 Å². The summed E-state index contributed by atoms with van der Waals surface area (Å²) in [4.78, 5) is 16.1. The zero-order chi connectivity index (χ0) is 16.2. The molecule has 0 amide bonds. The van der Waals surface area contributed by atoms with E-state index in [9.17, 15) is 4.79 Å². The molecule has 1 aliphatic heterocycles. The molecule has 0 spiro atoms. The molecule has 3 rings (SSSR count). The van der Waals surface area contributed by atoms with E-state index in [2.05, 4.69) is 4.99 Å². The lowest BCUT2D eigenvalue weighted by Crippen LogP contribution is -2.04. The molecule has 0 saturated carbocycles. The lowest BCUT2D eigenvalue weighted by Gasteiger charge is -2.09. The Labute approximate surface area is 133 Å². The molecule has 6 heteroatoms. The molecule has 6 nitrogen and oxygen atoms in total. The average Bonchev–Trinajstić information content (AvgIpc) is 3.19. The number of carbonyl (C=O) groups is 1. The van der Waals surface area contributed by atoms with Gasteiger partial charge >= 0.3 is 5.97 Å². The number of esters is 1. The third-order valence-corrected chi connectivity index (χ3v) is 3.14. The van der Waals surface area contributed by atoms with Crippen molar-refractivity contribution in [1.29, 1.82) is 0 Å². The summed E-state index contributed by atoms with van der Waals surface area (Å²) in [5, 5.41) is 0. The predicted octanol–water partition coefficient (Wildman–Crippen LogP) is 3.03. The zero-order valence-electron chi connectivity index (χ0n) is 12.7. The molecule has 0 saturated heterocycles. The molecule has 0 unspecified atom stereocenters. The summed E-state index contributed by atoms with van der Waals surface area (Å²) < 4.78 is 21.0. The lowest BCUT2D eigenvalue weighted by atomic mass is 10.1. The van der Waals surface area contributed by atoms with Crippen molar-refractivity contribution in [2.75, 3.05) is 13.7 Å². The first-order chi connectivity index (χ1) is 11.2. The summed E-state index contributed by atoms with van der Waals surface area (Å²) in [5.41, 5.74) is 0.948. The Morgan fingerprint density at radius 1 is 1.26 bits per heavy atom. The van der Waals surface area contributed by atoms with E-state index in [-0.39, 0.29) is 11.6 Å². The minimum atomic E-state index is -0.524. The molecule has 0 radical (unpaired) electrons. The van der Waals surface area contributed by atoms with Gasteiger partial charge in [0.15, 0.2) is 23.0 Å². The van der Waals surface area contributed by atoms with Crippen molar-refractivity contribution in [3.05, 3.63) is 53.6 Å². The zero-order valence-corrected chi connectivity index (χ0v) is 12.7. The third-order valence-electron chi connectivity index (χ3n) is 3.14. The smallest absolute Gasteiger partial charge is 0.363 e. The minimum Gasteiger partial charge on any atom is -0.493 e. The second kappa shape index (κ2) is 6.39. The van der Waals surface area contributed by atoms with Crippen LogP contribution in [0.3, 0.4) is 0 Å². The number of methoxy groups -OCH3 is 1. The molecule has 2 heterocycles. The fourth-order valence-electron chi connectivity index (χ4n) is 2.12. The maximum absolute atomic E-state index is 11.9. The quantitative estimate of drug-likeness (QED) is 0.627. The van der Waals surface area contributed by atoms with Crippen LogP contribution in [0.15, 0.2) is 51.7 Å². The molecule has 118 valence electrons. The van der Waals surface area contributed by atoms with E-state index in [1.54, 1.807) is 37.5 Å². The molecule has 1 aromatic carbocycles. The van der Waals surface area contributed by atoms with Gasteiger partial charge in [-0.15, -0.1) is 0 Å². The Kier molecular flexibility index (Phi) is 4.14. The second-order valence-corrected chi connectivity index (χ2v) is 4.66. The lowest BCUT2D eigenvalue weighted by molar-refractivity contribution is -0.130. The van der Waals surface area contributed by atoms with Crippen molar-refractivity contribution in [2.24, 2.45) is 4.99 Å². The largest absolute Gasteiger partial charge is 0.493 e. The van der Waals surface area contributed by atoms with Crippen molar-refractivity contribution in [3.8, 4) is 11.5 Å². The van der Waals surface area contributed by atoms with E-state index in [4.69, 9.17) is 18.6 Å². The second-order valence-electron chi connectivity index (χ2n) is 4.66. The first kappa shape index (κ1) is 14.9. The van der Waals surface area contributed by atoms with Crippen molar-refractivity contribution in [1.82, 2.24) is 0 Å². The molecular weight excluding hydrogens is 298 g/mol. The number of hydrogen-bond donors (Lipinski definition) is 0. The number of cyclic esters (lactones) is 1. The molecule has 0 bridgehead atoms. The number of aliphatic imine (C=N–C) groups is 1. The van der Waals surface area contributed by atoms with Crippen LogP contribution in [-0.4, -0.2) is 25.6 Å². The highest BCUT2D eigenvalue weighted by Crippen LogP contribution is 2.29. The highest BCUT2D eigenvalue weighted by molar-refractivity contribution is 6.11. The summed E-state index contributed by atoms with van der Waals surface area (Å²) in [6, 6.07) is 8.74. The molecule has 1 aromatic heterocycles. The van der Waals surface area contributed by atoms with Gasteiger partial charge in [-0.25, -0.2) is 9.79 Å². The van der Waals surface area contributed by atoms with Gasteiger partial charge in [0, 0.05) is 0 Å². The monoisotopic (exact) mass is 313 g/mol. The van der Waals surface area contributed by atoms with E-state index in [0.717, 1.165) is 5.56 Å². The maximum atomic E-state index is 11.9. The van der Waals surface area contributed by atoms with Crippen LogP contribution >= 0.6 is 0 Å². The molecule has 1 aliphatic rings. The number of hydrogen-bond acceptors (Lipinski definition) is 6. The van der Waals surface area contributed by atoms with E-state index in [0.29, 0.717) is 23.9 Å². The molecule has 2 aromatic rings. The van der Waals surface area contributed by atoms with Crippen LogP contribution in [0.25, 0.3) is 6.08 Å². The van der Waals surface area contributed by atoms with E-state index < -0.39 is 5.97 Å². The van der Waals surface area contributed by atoms with Gasteiger partial charge in [0.2, 0.25) is 0 Å².